The average molecular weight is 446 g/mol. The predicted octanol–water partition coefficient (Wildman–Crippen LogP) is 2.60. The van der Waals surface area contributed by atoms with Gasteiger partial charge in [0.1, 0.15) is 0 Å². The molecule has 2 amide bonds. The third kappa shape index (κ3) is 5.76. The maximum Gasteiger partial charge on any atom is 0.270 e. The van der Waals surface area contributed by atoms with Crippen molar-refractivity contribution in [2.45, 2.75) is 39.5 Å². The summed E-state index contributed by atoms with van der Waals surface area (Å²) in [5.41, 5.74) is 1.14. The first kappa shape index (κ1) is 24.0. The first-order chi connectivity index (χ1) is 15.4. The largest absolute Gasteiger partial charge is 0.371 e. The molecule has 0 spiro atoms. The molecule has 2 aliphatic rings. The zero-order valence-electron chi connectivity index (χ0n) is 19.3. The van der Waals surface area contributed by atoms with Gasteiger partial charge in [0.25, 0.3) is 11.6 Å². The number of nitro groups is 1. The maximum absolute atomic E-state index is 13.5. The van der Waals surface area contributed by atoms with Crippen LogP contribution in [0.15, 0.2) is 18.2 Å². The van der Waals surface area contributed by atoms with Gasteiger partial charge in [0.15, 0.2) is 0 Å². The quantitative estimate of drug-likeness (QED) is 0.473. The van der Waals surface area contributed by atoms with Crippen LogP contribution in [0.4, 0.5) is 11.4 Å². The van der Waals surface area contributed by atoms with E-state index in [9.17, 15) is 19.7 Å². The van der Waals surface area contributed by atoms with Crippen molar-refractivity contribution in [3.05, 3.63) is 33.9 Å². The van der Waals surface area contributed by atoms with Gasteiger partial charge < -0.3 is 14.7 Å². The van der Waals surface area contributed by atoms with Gasteiger partial charge in [-0.25, -0.2) is 0 Å². The van der Waals surface area contributed by atoms with E-state index in [0.717, 1.165) is 44.6 Å². The zero-order chi connectivity index (χ0) is 23.1. The minimum absolute atomic E-state index is 0.0598. The first-order valence-electron chi connectivity index (χ1n) is 11.8. The fraction of sp³-hybridized carbons (Fsp3) is 0.652. The van der Waals surface area contributed by atoms with Gasteiger partial charge >= 0.3 is 0 Å². The van der Waals surface area contributed by atoms with E-state index in [1.165, 1.54) is 18.6 Å². The number of carbonyl (C=O) groups is 2. The van der Waals surface area contributed by atoms with Crippen LogP contribution in [0.3, 0.4) is 0 Å². The van der Waals surface area contributed by atoms with Crippen molar-refractivity contribution in [3.8, 4) is 0 Å². The summed E-state index contributed by atoms with van der Waals surface area (Å²) < 4.78 is 0. The summed E-state index contributed by atoms with van der Waals surface area (Å²) in [7, 11) is 0. The molecule has 2 heterocycles. The molecule has 2 aliphatic heterocycles. The normalized spacial score (nSPS) is 17.7. The smallest absolute Gasteiger partial charge is 0.270 e. The molecule has 32 heavy (non-hydrogen) atoms. The Balaban J connectivity index is 1.74. The van der Waals surface area contributed by atoms with E-state index in [2.05, 4.69) is 9.80 Å². The molecule has 0 N–H and O–H groups in total. The van der Waals surface area contributed by atoms with Gasteiger partial charge in [-0.3, -0.25) is 24.6 Å². The van der Waals surface area contributed by atoms with Crippen LogP contribution in [0.2, 0.25) is 0 Å². The molecule has 3 rings (SSSR count). The molecule has 2 saturated heterocycles. The van der Waals surface area contributed by atoms with E-state index in [-0.39, 0.29) is 17.5 Å². The van der Waals surface area contributed by atoms with E-state index in [0.29, 0.717) is 44.8 Å². The van der Waals surface area contributed by atoms with Crippen LogP contribution in [0.5, 0.6) is 0 Å². The van der Waals surface area contributed by atoms with Crippen molar-refractivity contribution in [2.24, 2.45) is 0 Å². The molecule has 0 bridgehead atoms. The molecular formula is C23H35N5O4. The van der Waals surface area contributed by atoms with E-state index < -0.39 is 4.92 Å². The lowest BCUT2D eigenvalue weighted by molar-refractivity contribution is -0.384. The summed E-state index contributed by atoms with van der Waals surface area (Å²) in [6, 6.07) is 4.64. The average Bonchev–Trinajstić information content (AvgIpc) is 3.05. The van der Waals surface area contributed by atoms with Crippen LogP contribution < -0.4 is 4.90 Å². The summed E-state index contributed by atoms with van der Waals surface area (Å²) in [6.07, 6.45) is 4.06. The third-order valence-electron chi connectivity index (χ3n) is 6.47. The number of likely N-dealkylation sites (N-methyl/N-ethyl adjacent to an activating group) is 1. The van der Waals surface area contributed by atoms with Gasteiger partial charge in [-0.05, 0) is 45.6 Å². The number of carbonyl (C=O) groups excluding carboxylic acids is 2. The molecule has 176 valence electrons. The fourth-order valence-corrected chi connectivity index (χ4v) is 4.59. The zero-order valence-corrected chi connectivity index (χ0v) is 19.3. The number of hydrogen-bond acceptors (Lipinski definition) is 6. The Hall–Kier alpha value is -2.68. The van der Waals surface area contributed by atoms with Crippen molar-refractivity contribution < 1.29 is 14.5 Å². The van der Waals surface area contributed by atoms with Crippen molar-refractivity contribution in [1.82, 2.24) is 14.7 Å². The second-order valence-electron chi connectivity index (χ2n) is 8.49. The molecule has 1 aromatic rings. The molecule has 2 fully saturated rings. The first-order valence-corrected chi connectivity index (χ1v) is 11.8. The molecule has 9 nitrogen and oxygen atoms in total. The lowest BCUT2D eigenvalue weighted by Crippen LogP contribution is -2.42. The molecule has 0 radical (unpaired) electrons. The Morgan fingerprint density at radius 1 is 0.969 bits per heavy atom. The van der Waals surface area contributed by atoms with Crippen molar-refractivity contribution in [1.29, 1.82) is 0 Å². The van der Waals surface area contributed by atoms with E-state index in [4.69, 9.17) is 0 Å². The number of anilines is 1. The number of hydrogen-bond donors (Lipinski definition) is 0. The number of piperidine rings is 1. The molecule has 1 aromatic carbocycles. The summed E-state index contributed by atoms with van der Waals surface area (Å²) in [4.78, 5) is 44.8. The minimum atomic E-state index is -0.445. The highest BCUT2D eigenvalue weighted by molar-refractivity contribution is 6.00. The molecule has 0 atom stereocenters. The summed E-state index contributed by atoms with van der Waals surface area (Å²) in [5, 5.41) is 11.4. The van der Waals surface area contributed by atoms with Crippen molar-refractivity contribution in [2.75, 3.05) is 63.8 Å². The van der Waals surface area contributed by atoms with Crippen molar-refractivity contribution >= 4 is 23.2 Å². The van der Waals surface area contributed by atoms with Crippen LogP contribution in [-0.4, -0.2) is 90.3 Å². The highest BCUT2D eigenvalue weighted by atomic mass is 16.6. The monoisotopic (exact) mass is 445 g/mol. The third-order valence-corrected chi connectivity index (χ3v) is 6.47. The number of benzene rings is 1. The number of nitro benzene ring substituents is 1. The number of amides is 2. The SMILES string of the molecule is CCN(CC)C(=O)CN1CCCN(C(=O)c2cc([N+](=O)[O-])ccc2N2CCCCC2)CC1. The van der Waals surface area contributed by atoms with Gasteiger partial charge in [0.2, 0.25) is 5.91 Å². The van der Waals surface area contributed by atoms with Gasteiger partial charge in [0, 0.05) is 64.5 Å². The maximum atomic E-state index is 13.5. The molecule has 0 aliphatic carbocycles. The number of rotatable bonds is 7. The summed E-state index contributed by atoms with van der Waals surface area (Å²) >= 11 is 0. The molecule has 0 saturated carbocycles. The Morgan fingerprint density at radius 3 is 2.34 bits per heavy atom. The standard InChI is InChI=1S/C23H35N5O4/c1-3-25(4-2)22(29)18-24-11-8-14-27(16-15-24)23(30)20-17-19(28(31)32)9-10-21(20)26-12-6-5-7-13-26/h9-10,17H,3-8,11-16,18H2,1-2H3. The minimum Gasteiger partial charge on any atom is -0.371 e. The lowest BCUT2D eigenvalue weighted by atomic mass is 10.1. The topological polar surface area (TPSA) is 90.2 Å². The van der Waals surface area contributed by atoms with E-state index in [1.54, 1.807) is 11.0 Å². The Kier molecular flexibility index (Phi) is 8.44. The highest BCUT2D eigenvalue weighted by Gasteiger charge is 2.27. The highest BCUT2D eigenvalue weighted by Crippen LogP contribution is 2.29. The summed E-state index contributed by atoms with van der Waals surface area (Å²) in [6.45, 7) is 9.88. The molecular weight excluding hydrogens is 410 g/mol. The van der Waals surface area contributed by atoms with E-state index >= 15 is 0 Å². The number of nitrogens with zero attached hydrogens (tertiary/aromatic N) is 5. The van der Waals surface area contributed by atoms with Gasteiger partial charge in [-0.15, -0.1) is 0 Å². The van der Waals surface area contributed by atoms with Crippen LogP contribution in [0, 0.1) is 10.1 Å². The fourth-order valence-electron chi connectivity index (χ4n) is 4.59. The van der Waals surface area contributed by atoms with Crippen LogP contribution >= 0.6 is 0 Å². The molecule has 0 unspecified atom stereocenters. The Bertz CT molecular complexity index is 821. The van der Waals surface area contributed by atoms with Crippen LogP contribution in [-0.2, 0) is 4.79 Å². The second kappa shape index (κ2) is 11.3. The van der Waals surface area contributed by atoms with Gasteiger partial charge in [-0.1, -0.05) is 0 Å². The number of non-ortho nitro benzene ring substituents is 1. The Labute approximate surface area is 190 Å². The molecule has 9 heteroatoms. The Morgan fingerprint density at radius 2 is 1.69 bits per heavy atom. The molecule has 0 aromatic heterocycles. The predicted molar refractivity (Wildman–Crippen MR) is 124 cm³/mol. The van der Waals surface area contributed by atoms with E-state index in [1.807, 2.05) is 18.7 Å². The summed E-state index contributed by atoms with van der Waals surface area (Å²) in [5.74, 6) is -0.0490. The lowest BCUT2D eigenvalue weighted by Gasteiger charge is -2.31. The van der Waals surface area contributed by atoms with Crippen molar-refractivity contribution in [3.63, 3.8) is 0 Å². The van der Waals surface area contributed by atoms with Crippen LogP contribution in [0.25, 0.3) is 0 Å². The van der Waals surface area contributed by atoms with Gasteiger partial charge in [0.05, 0.1) is 22.7 Å². The second-order valence-corrected chi connectivity index (χ2v) is 8.49. The van der Waals surface area contributed by atoms with Crippen LogP contribution in [0.1, 0.15) is 49.9 Å². The van der Waals surface area contributed by atoms with Gasteiger partial charge in [-0.2, -0.15) is 0 Å².